The molecule has 0 saturated carbocycles. The zero-order valence-corrected chi connectivity index (χ0v) is 18.5. The Balaban J connectivity index is 1.59. The Hall–Kier alpha value is -2.74. The molecular formula is C22H29N3O4S. The summed E-state index contributed by atoms with van der Waals surface area (Å²) in [5, 5.41) is 6.29. The van der Waals surface area contributed by atoms with Crippen LogP contribution >= 0.6 is 0 Å². The number of nitrogens with one attached hydrogen (secondary N) is 2. The minimum Gasteiger partial charge on any atom is -0.494 e. The highest BCUT2D eigenvalue weighted by Gasteiger charge is 2.22. The molecule has 7 nitrogen and oxygen atoms in total. The van der Waals surface area contributed by atoms with Gasteiger partial charge in [0.15, 0.2) is 15.8 Å². The standard InChI is InChI=1S/C22H29N3O4S/c1-4-28-20-13-17-12-16(2)29-21(17)14-18(20)15-25-22(23-3)24-10-11-30(26,27)19-8-6-5-7-9-19/h5-9,13-14,16H,4,10-12,15H2,1-3H3,(H2,23,24,25). The average molecular weight is 432 g/mol. The maximum Gasteiger partial charge on any atom is 0.191 e. The molecule has 0 saturated heterocycles. The van der Waals surface area contributed by atoms with Crippen LogP contribution in [0.5, 0.6) is 11.5 Å². The van der Waals surface area contributed by atoms with Crippen molar-refractivity contribution in [1.29, 1.82) is 0 Å². The molecule has 1 heterocycles. The van der Waals surface area contributed by atoms with Crippen molar-refractivity contribution < 1.29 is 17.9 Å². The number of hydrogen-bond acceptors (Lipinski definition) is 5. The first kappa shape index (κ1) is 22.0. The van der Waals surface area contributed by atoms with Crippen LogP contribution in [-0.2, 0) is 22.8 Å². The first-order valence-electron chi connectivity index (χ1n) is 10.1. The van der Waals surface area contributed by atoms with Crippen LogP contribution in [-0.4, -0.2) is 46.4 Å². The number of nitrogens with zero attached hydrogens (tertiary/aromatic N) is 1. The summed E-state index contributed by atoms with van der Waals surface area (Å²) in [7, 11) is -1.69. The zero-order valence-electron chi connectivity index (χ0n) is 17.6. The summed E-state index contributed by atoms with van der Waals surface area (Å²) in [5.41, 5.74) is 2.12. The molecule has 1 atom stereocenters. The Bertz CT molecular complexity index is 991. The van der Waals surface area contributed by atoms with Gasteiger partial charge in [0.25, 0.3) is 0 Å². The van der Waals surface area contributed by atoms with Crippen LogP contribution in [0.25, 0.3) is 0 Å². The van der Waals surface area contributed by atoms with Crippen molar-refractivity contribution in [2.75, 3.05) is 26.0 Å². The van der Waals surface area contributed by atoms with Gasteiger partial charge in [0.1, 0.15) is 17.6 Å². The van der Waals surface area contributed by atoms with E-state index in [9.17, 15) is 8.42 Å². The molecule has 0 aliphatic carbocycles. The van der Waals surface area contributed by atoms with Crippen molar-refractivity contribution in [2.24, 2.45) is 4.99 Å². The molecule has 0 bridgehead atoms. The second-order valence-corrected chi connectivity index (χ2v) is 9.23. The molecule has 1 unspecified atom stereocenters. The summed E-state index contributed by atoms with van der Waals surface area (Å²) in [4.78, 5) is 4.51. The largest absolute Gasteiger partial charge is 0.494 e. The maximum absolute atomic E-state index is 12.4. The number of hydrogen-bond donors (Lipinski definition) is 2. The lowest BCUT2D eigenvalue weighted by Crippen LogP contribution is -2.39. The van der Waals surface area contributed by atoms with Crippen LogP contribution in [0.4, 0.5) is 0 Å². The van der Waals surface area contributed by atoms with Gasteiger partial charge in [0.2, 0.25) is 0 Å². The fourth-order valence-electron chi connectivity index (χ4n) is 3.36. The van der Waals surface area contributed by atoms with Crippen molar-refractivity contribution >= 4 is 15.8 Å². The lowest BCUT2D eigenvalue weighted by molar-refractivity contribution is 0.254. The molecule has 30 heavy (non-hydrogen) atoms. The normalized spacial score (nSPS) is 16.0. The lowest BCUT2D eigenvalue weighted by Gasteiger charge is -2.16. The van der Waals surface area contributed by atoms with Gasteiger partial charge in [0, 0.05) is 37.7 Å². The van der Waals surface area contributed by atoms with Gasteiger partial charge in [-0.05, 0) is 38.1 Å². The van der Waals surface area contributed by atoms with E-state index in [4.69, 9.17) is 9.47 Å². The predicted octanol–water partition coefficient (Wildman–Crippen LogP) is 2.55. The third kappa shape index (κ3) is 5.44. The van der Waals surface area contributed by atoms with Crippen molar-refractivity contribution in [1.82, 2.24) is 10.6 Å². The first-order valence-corrected chi connectivity index (χ1v) is 11.8. The Labute approximate surface area is 178 Å². The van der Waals surface area contributed by atoms with Crippen molar-refractivity contribution in [3.05, 3.63) is 53.6 Å². The van der Waals surface area contributed by atoms with Gasteiger partial charge < -0.3 is 20.1 Å². The SMILES string of the molecule is CCOc1cc2c(cc1CNC(=NC)NCCS(=O)(=O)c1ccccc1)OC(C)C2. The Morgan fingerprint density at radius 1 is 1.23 bits per heavy atom. The van der Waals surface area contributed by atoms with Gasteiger partial charge in [-0.2, -0.15) is 0 Å². The van der Waals surface area contributed by atoms with Crippen LogP contribution in [0.15, 0.2) is 52.4 Å². The van der Waals surface area contributed by atoms with Crippen LogP contribution in [0.3, 0.4) is 0 Å². The van der Waals surface area contributed by atoms with Crippen molar-refractivity contribution in [3.63, 3.8) is 0 Å². The smallest absolute Gasteiger partial charge is 0.191 e. The van der Waals surface area contributed by atoms with E-state index in [0.717, 1.165) is 29.0 Å². The van der Waals surface area contributed by atoms with E-state index in [1.165, 1.54) is 0 Å². The molecule has 8 heteroatoms. The highest BCUT2D eigenvalue weighted by molar-refractivity contribution is 7.91. The van der Waals surface area contributed by atoms with E-state index in [-0.39, 0.29) is 18.4 Å². The van der Waals surface area contributed by atoms with E-state index < -0.39 is 9.84 Å². The zero-order chi connectivity index (χ0) is 21.6. The average Bonchev–Trinajstić information content (AvgIpc) is 3.10. The molecule has 0 spiro atoms. The number of guanidine groups is 1. The van der Waals surface area contributed by atoms with E-state index in [2.05, 4.69) is 15.6 Å². The monoisotopic (exact) mass is 431 g/mol. The van der Waals surface area contributed by atoms with E-state index in [1.54, 1.807) is 37.4 Å². The molecule has 162 valence electrons. The predicted molar refractivity (Wildman–Crippen MR) is 118 cm³/mol. The highest BCUT2D eigenvalue weighted by Crippen LogP contribution is 2.35. The Kier molecular flexibility index (Phi) is 7.20. The van der Waals surface area contributed by atoms with Crippen molar-refractivity contribution in [2.45, 2.75) is 37.8 Å². The second-order valence-electron chi connectivity index (χ2n) is 7.12. The third-order valence-electron chi connectivity index (χ3n) is 4.81. The minimum absolute atomic E-state index is 0.0213. The lowest BCUT2D eigenvalue weighted by atomic mass is 10.1. The van der Waals surface area contributed by atoms with E-state index in [0.29, 0.717) is 24.0 Å². The Morgan fingerprint density at radius 3 is 2.70 bits per heavy atom. The maximum atomic E-state index is 12.4. The molecule has 2 aromatic carbocycles. The molecule has 3 rings (SSSR count). The van der Waals surface area contributed by atoms with Gasteiger partial charge in [-0.15, -0.1) is 0 Å². The molecule has 0 amide bonds. The number of fused-ring (bicyclic) bond motifs is 1. The fourth-order valence-corrected chi connectivity index (χ4v) is 4.54. The number of benzene rings is 2. The van der Waals surface area contributed by atoms with E-state index in [1.807, 2.05) is 26.0 Å². The first-order chi connectivity index (χ1) is 14.4. The molecular weight excluding hydrogens is 402 g/mol. The highest BCUT2D eigenvalue weighted by atomic mass is 32.2. The topological polar surface area (TPSA) is 89.0 Å². The summed E-state index contributed by atoms with van der Waals surface area (Å²) in [5.74, 6) is 2.21. The third-order valence-corrected chi connectivity index (χ3v) is 6.55. The summed E-state index contributed by atoms with van der Waals surface area (Å²) in [6, 6.07) is 12.5. The molecule has 0 fully saturated rings. The number of ether oxygens (including phenoxy) is 2. The molecule has 2 aromatic rings. The van der Waals surface area contributed by atoms with Crippen LogP contribution in [0.2, 0.25) is 0 Å². The quantitative estimate of drug-likeness (QED) is 0.493. The minimum atomic E-state index is -3.34. The van der Waals surface area contributed by atoms with Gasteiger partial charge >= 0.3 is 0 Å². The molecule has 2 N–H and O–H groups in total. The van der Waals surface area contributed by atoms with Gasteiger partial charge in [-0.25, -0.2) is 8.42 Å². The molecule has 0 radical (unpaired) electrons. The summed E-state index contributed by atoms with van der Waals surface area (Å²) in [6.07, 6.45) is 1.04. The number of rotatable bonds is 8. The fraction of sp³-hybridized carbons (Fsp3) is 0.409. The van der Waals surface area contributed by atoms with Gasteiger partial charge in [0.05, 0.1) is 17.3 Å². The van der Waals surface area contributed by atoms with Crippen LogP contribution in [0, 0.1) is 0 Å². The van der Waals surface area contributed by atoms with E-state index >= 15 is 0 Å². The second kappa shape index (κ2) is 9.84. The summed E-state index contributed by atoms with van der Waals surface area (Å²) in [6.45, 7) is 5.31. The molecule has 0 aromatic heterocycles. The summed E-state index contributed by atoms with van der Waals surface area (Å²) < 4.78 is 36.5. The van der Waals surface area contributed by atoms with Gasteiger partial charge in [-0.3, -0.25) is 4.99 Å². The molecule has 1 aliphatic heterocycles. The van der Waals surface area contributed by atoms with Gasteiger partial charge in [-0.1, -0.05) is 18.2 Å². The van der Waals surface area contributed by atoms with Crippen LogP contribution < -0.4 is 20.1 Å². The number of aliphatic imine (C=N–C) groups is 1. The van der Waals surface area contributed by atoms with Crippen molar-refractivity contribution in [3.8, 4) is 11.5 Å². The van der Waals surface area contributed by atoms with Crippen LogP contribution in [0.1, 0.15) is 25.0 Å². The number of sulfone groups is 1. The molecule has 1 aliphatic rings. The Morgan fingerprint density at radius 2 is 2.00 bits per heavy atom. The summed E-state index contributed by atoms with van der Waals surface area (Å²) >= 11 is 0.